The van der Waals surface area contributed by atoms with Crippen molar-refractivity contribution in [3.8, 4) is 5.75 Å². The minimum absolute atomic E-state index is 0.0579. The molecule has 0 spiro atoms. The van der Waals surface area contributed by atoms with Gasteiger partial charge in [0.15, 0.2) is 0 Å². The molecule has 1 saturated carbocycles. The summed E-state index contributed by atoms with van der Waals surface area (Å²) in [6, 6.07) is 20.4. The fraction of sp³-hybridized carbons (Fsp3) is 0.412. The summed E-state index contributed by atoms with van der Waals surface area (Å²) in [7, 11) is -4.20. The summed E-state index contributed by atoms with van der Waals surface area (Å²) in [5.41, 5.74) is 2.18. The molecule has 3 aromatic rings. The van der Waals surface area contributed by atoms with Crippen molar-refractivity contribution in [3.05, 3.63) is 83.9 Å². The van der Waals surface area contributed by atoms with Crippen LogP contribution in [0.1, 0.15) is 57.1 Å². The molecule has 0 aliphatic heterocycles. The highest BCUT2D eigenvalue weighted by atomic mass is 32.2. The standard InChI is InChI=1S/C34H43N3O5S2/c1-5-42-32-14-10-9-13-31(32)37(44(40,41)30-21-19-29(43-4)20-22-30)24-33(38)36(23-27-17-15-25(2)16-18-27)26(3)34(39)35-28-11-7-6-8-12-28/h9-10,13-22,26,28H,5-8,11-12,23-24H2,1-4H3,(H,35,39)/t26-/m1/s1. The molecule has 1 N–H and O–H groups in total. The van der Waals surface area contributed by atoms with Gasteiger partial charge >= 0.3 is 0 Å². The van der Waals surface area contributed by atoms with E-state index < -0.39 is 28.5 Å². The number of hydrogen-bond acceptors (Lipinski definition) is 6. The number of amides is 2. The van der Waals surface area contributed by atoms with Crippen LogP contribution in [-0.4, -0.2) is 56.6 Å². The molecule has 44 heavy (non-hydrogen) atoms. The van der Waals surface area contributed by atoms with E-state index in [2.05, 4.69) is 5.32 Å². The Bertz CT molecular complexity index is 1500. The maximum atomic E-state index is 14.3. The number of carbonyl (C=O) groups excluding carboxylic acids is 2. The highest BCUT2D eigenvalue weighted by molar-refractivity contribution is 7.98. The molecular weight excluding hydrogens is 595 g/mol. The lowest BCUT2D eigenvalue weighted by atomic mass is 9.95. The van der Waals surface area contributed by atoms with E-state index in [1.165, 1.54) is 16.7 Å². The second kappa shape index (κ2) is 15.5. The van der Waals surface area contributed by atoms with Crippen LogP contribution >= 0.6 is 11.8 Å². The second-order valence-electron chi connectivity index (χ2n) is 11.1. The first kappa shape index (κ1) is 33.4. The average Bonchev–Trinajstić information content (AvgIpc) is 3.04. The van der Waals surface area contributed by atoms with E-state index in [0.717, 1.165) is 52.4 Å². The van der Waals surface area contributed by atoms with Crippen LogP contribution < -0.4 is 14.4 Å². The Morgan fingerprint density at radius 3 is 2.27 bits per heavy atom. The Balaban J connectivity index is 1.71. The van der Waals surface area contributed by atoms with E-state index in [9.17, 15) is 18.0 Å². The summed E-state index contributed by atoms with van der Waals surface area (Å²) in [5, 5.41) is 3.14. The maximum Gasteiger partial charge on any atom is 0.264 e. The van der Waals surface area contributed by atoms with Crippen molar-refractivity contribution in [3.63, 3.8) is 0 Å². The summed E-state index contributed by atoms with van der Waals surface area (Å²) >= 11 is 1.51. The van der Waals surface area contributed by atoms with Crippen LogP contribution in [0, 0.1) is 6.92 Å². The van der Waals surface area contributed by atoms with Crippen molar-refractivity contribution < 1.29 is 22.7 Å². The molecule has 0 radical (unpaired) electrons. The number of aryl methyl sites for hydroxylation is 1. The highest BCUT2D eigenvalue weighted by Crippen LogP contribution is 2.33. The van der Waals surface area contributed by atoms with E-state index in [0.29, 0.717) is 12.4 Å². The minimum atomic E-state index is -4.20. The summed E-state index contributed by atoms with van der Waals surface area (Å²) in [6.45, 7) is 5.47. The Labute approximate surface area is 266 Å². The van der Waals surface area contributed by atoms with Gasteiger partial charge in [-0.2, -0.15) is 0 Å². The Kier molecular flexibility index (Phi) is 11.7. The number of thioether (sulfide) groups is 1. The molecule has 8 nitrogen and oxygen atoms in total. The number of ether oxygens (including phenoxy) is 1. The number of nitrogens with zero attached hydrogens (tertiary/aromatic N) is 2. The van der Waals surface area contributed by atoms with E-state index in [1.807, 2.05) is 44.4 Å². The zero-order valence-electron chi connectivity index (χ0n) is 26.0. The monoisotopic (exact) mass is 637 g/mol. The van der Waals surface area contributed by atoms with E-state index in [-0.39, 0.29) is 29.1 Å². The Morgan fingerprint density at radius 2 is 1.64 bits per heavy atom. The predicted molar refractivity (Wildman–Crippen MR) is 177 cm³/mol. The molecule has 1 fully saturated rings. The molecule has 2 amide bonds. The lowest BCUT2D eigenvalue weighted by Crippen LogP contribution is -2.53. The number of para-hydroxylation sites is 2. The Morgan fingerprint density at radius 1 is 0.977 bits per heavy atom. The third-order valence-corrected chi connectivity index (χ3v) is 10.5. The van der Waals surface area contributed by atoms with Crippen LogP contribution in [0.3, 0.4) is 0 Å². The van der Waals surface area contributed by atoms with Crippen molar-refractivity contribution in [2.45, 2.75) is 81.3 Å². The van der Waals surface area contributed by atoms with Gasteiger partial charge in [0, 0.05) is 17.5 Å². The summed E-state index contributed by atoms with van der Waals surface area (Å²) < 4.78 is 35.4. The first-order valence-electron chi connectivity index (χ1n) is 15.2. The average molecular weight is 638 g/mol. The van der Waals surface area contributed by atoms with E-state index >= 15 is 0 Å². The number of rotatable bonds is 13. The smallest absolute Gasteiger partial charge is 0.264 e. The molecule has 0 heterocycles. The van der Waals surface area contributed by atoms with Gasteiger partial charge in [0.05, 0.1) is 17.2 Å². The van der Waals surface area contributed by atoms with Crippen LogP contribution in [0.25, 0.3) is 0 Å². The summed E-state index contributed by atoms with van der Waals surface area (Å²) in [6.07, 6.45) is 7.04. The zero-order valence-corrected chi connectivity index (χ0v) is 27.6. The normalized spacial score (nSPS) is 14.5. The van der Waals surface area contributed by atoms with Crippen LogP contribution in [0.5, 0.6) is 5.75 Å². The molecule has 0 saturated heterocycles. The van der Waals surface area contributed by atoms with Gasteiger partial charge in [0.1, 0.15) is 18.3 Å². The van der Waals surface area contributed by atoms with Crippen molar-refractivity contribution in [2.24, 2.45) is 0 Å². The number of anilines is 1. The summed E-state index contributed by atoms with van der Waals surface area (Å²) in [4.78, 5) is 30.3. The SMILES string of the molecule is CCOc1ccccc1N(CC(=O)N(Cc1ccc(C)cc1)[C@H](C)C(=O)NC1CCCCC1)S(=O)(=O)c1ccc(SC)cc1. The van der Waals surface area contributed by atoms with Gasteiger partial charge < -0.3 is 15.0 Å². The van der Waals surface area contributed by atoms with Crippen LogP contribution in [0.2, 0.25) is 0 Å². The quantitative estimate of drug-likeness (QED) is 0.225. The highest BCUT2D eigenvalue weighted by Gasteiger charge is 2.34. The van der Waals surface area contributed by atoms with Crippen molar-refractivity contribution in [1.29, 1.82) is 0 Å². The lowest BCUT2D eigenvalue weighted by molar-refractivity contribution is -0.139. The van der Waals surface area contributed by atoms with Gasteiger partial charge in [-0.1, -0.05) is 61.2 Å². The van der Waals surface area contributed by atoms with Crippen LogP contribution in [0.4, 0.5) is 5.69 Å². The first-order chi connectivity index (χ1) is 21.1. The lowest BCUT2D eigenvalue weighted by Gasteiger charge is -2.33. The molecule has 1 aliphatic rings. The number of nitrogens with one attached hydrogen (secondary N) is 1. The molecular formula is C34H43N3O5S2. The maximum absolute atomic E-state index is 14.3. The summed E-state index contributed by atoms with van der Waals surface area (Å²) in [5.74, 6) is -0.387. The molecule has 1 atom stereocenters. The van der Waals surface area contributed by atoms with Gasteiger partial charge in [-0.15, -0.1) is 11.8 Å². The number of sulfonamides is 1. The minimum Gasteiger partial charge on any atom is -0.492 e. The van der Waals surface area contributed by atoms with E-state index in [4.69, 9.17) is 4.74 Å². The molecule has 10 heteroatoms. The molecule has 236 valence electrons. The third-order valence-electron chi connectivity index (χ3n) is 7.95. The molecule has 0 aromatic heterocycles. The van der Waals surface area contributed by atoms with Crippen molar-refractivity contribution >= 4 is 39.3 Å². The van der Waals surface area contributed by atoms with Gasteiger partial charge in [0.2, 0.25) is 11.8 Å². The van der Waals surface area contributed by atoms with Gasteiger partial charge in [0.25, 0.3) is 10.0 Å². The largest absolute Gasteiger partial charge is 0.492 e. The molecule has 1 aliphatic carbocycles. The molecule has 4 rings (SSSR count). The molecule has 0 unspecified atom stereocenters. The van der Waals surface area contributed by atoms with Crippen molar-refractivity contribution in [1.82, 2.24) is 10.2 Å². The van der Waals surface area contributed by atoms with Crippen LogP contribution in [0.15, 0.2) is 82.6 Å². The topological polar surface area (TPSA) is 96.0 Å². The molecule has 3 aromatic carbocycles. The van der Waals surface area contributed by atoms with E-state index in [1.54, 1.807) is 55.5 Å². The zero-order chi connectivity index (χ0) is 31.7. The first-order valence-corrected chi connectivity index (χ1v) is 17.8. The van der Waals surface area contributed by atoms with Gasteiger partial charge in [-0.25, -0.2) is 8.42 Å². The number of carbonyl (C=O) groups is 2. The number of benzene rings is 3. The van der Waals surface area contributed by atoms with Gasteiger partial charge in [-0.05, 0) is 81.8 Å². The fourth-order valence-electron chi connectivity index (χ4n) is 5.37. The predicted octanol–water partition coefficient (Wildman–Crippen LogP) is 6.18. The molecule has 0 bridgehead atoms. The fourth-order valence-corrected chi connectivity index (χ4v) is 7.20. The van der Waals surface area contributed by atoms with Crippen LogP contribution in [-0.2, 0) is 26.2 Å². The van der Waals surface area contributed by atoms with Gasteiger partial charge in [-0.3, -0.25) is 13.9 Å². The second-order valence-corrected chi connectivity index (χ2v) is 13.9. The third kappa shape index (κ3) is 8.35. The Hall–Kier alpha value is -3.50. The number of hydrogen-bond donors (Lipinski definition) is 1. The van der Waals surface area contributed by atoms with Crippen molar-refractivity contribution in [2.75, 3.05) is 23.7 Å².